The summed E-state index contributed by atoms with van der Waals surface area (Å²) in [5.74, 6) is -1.12. The molecule has 1 atom stereocenters. The predicted octanol–water partition coefficient (Wildman–Crippen LogP) is 0.812. The summed E-state index contributed by atoms with van der Waals surface area (Å²) in [6.45, 7) is 3.59. The minimum absolute atomic E-state index is 0. The number of rotatable bonds is 4. The van der Waals surface area contributed by atoms with Crippen molar-refractivity contribution >= 4 is 18.4 Å². The molecule has 5 nitrogen and oxygen atoms in total. The maximum atomic E-state index is 11.0. The molecule has 0 aliphatic carbocycles. The van der Waals surface area contributed by atoms with Gasteiger partial charge in [0, 0.05) is 18.3 Å². The van der Waals surface area contributed by atoms with E-state index >= 15 is 0 Å². The Balaban J connectivity index is 0.00000196. The lowest BCUT2D eigenvalue weighted by molar-refractivity contribution is -0.145. The third kappa shape index (κ3) is 2.94. The van der Waals surface area contributed by atoms with Crippen LogP contribution in [0.1, 0.15) is 19.5 Å². The van der Waals surface area contributed by atoms with E-state index in [2.05, 4.69) is 9.97 Å². The van der Waals surface area contributed by atoms with E-state index in [4.69, 9.17) is 10.8 Å². The highest BCUT2D eigenvalue weighted by atomic mass is 35.5. The molecule has 0 unspecified atom stereocenters. The molecule has 0 aliphatic heterocycles. The number of carboxylic acid groups (broad SMARTS) is 1. The molecule has 6 heteroatoms. The molecule has 15 heavy (non-hydrogen) atoms. The van der Waals surface area contributed by atoms with E-state index in [1.54, 1.807) is 20.0 Å². The van der Waals surface area contributed by atoms with Crippen molar-refractivity contribution in [3.63, 3.8) is 0 Å². The molecule has 0 fully saturated rings. The first-order valence-corrected chi connectivity index (χ1v) is 4.46. The monoisotopic (exact) mass is 233 g/mol. The molecule has 0 amide bonds. The fourth-order valence-corrected chi connectivity index (χ4v) is 1.22. The first-order valence-electron chi connectivity index (χ1n) is 4.46. The summed E-state index contributed by atoms with van der Waals surface area (Å²) in [7, 11) is 0. The van der Waals surface area contributed by atoms with Crippen molar-refractivity contribution in [1.82, 2.24) is 9.97 Å². The Labute approximate surface area is 94.5 Å². The Hall–Kier alpha value is -1.07. The Kier molecular flexibility index (Phi) is 4.77. The molecule has 0 radical (unpaired) electrons. The number of aromatic nitrogens is 2. The molecule has 0 spiro atoms. The summed E-state index contributed by atoms with van der Waals surface area (Å²) in [5, 5.41) is 9.04. The lowest BCUT2D eigenvalue weighted by Crippen LogP contribution is -2.54. The standard InChI is InChI=1S/C9H15N3O2.ClH/c1-6(2)9(10,8(13)14)3-7-4-11-5-12-7;/h4-6H,3,10H2,1-2H3,(H,11,12)(H,13,14);1H/t9-;/m1./s1. The van der Waals surface area contributed by atoms with Crippen LogP contribution in [0.2, 0.25) is 0 Å². The van der Waals surface area contributed by atoms with E-state index in [0.717, 1.165) is 5.69 Å². The van der Waals surface area contributed by atoms with Gasteiger partial charge in [0.1, 0.15) is 5.54 Å². The Bertz CT molecular complexity index is 313. The van der Waals surface area contributed by atoms with E-state index in [9.17, 15) is 4.79 Å². The van der Waals surface area contributed by atoms with Crippen LogP contribution in [0.3, 0.4) is 0 Å². The van der Waals surface area contributed by atoms with Crippen LogP contribution in [0.5, 0.6) is 0 Å². The quantitative estimate of drug-likeness (QED) is 0.718. The van der Waals surface area contributed by atoms with Crippen LogP contribution >= 0.6 is 12.4 Å². The van der Waals surface area contributed by atoms with Gasteiger partial charge >= 0.3 is 5.97 Å². The number of H-pyrrole nitrogens is 1. The first-order chi connectivity index (χ1) is 6.47. The van der Waals surface area contributed by atoms with Gasteiger partial charge < -0.3 is 15.8 Å². The second kappa shape index (κ2) is 5.14. The number of aliphatic carboxylic acids is 1. The van der Waals surface area contributed by atoms with Crippen LogP contribution in [0.25, 0.3) is 0 Å². The molecule has 4 N–H and O–H groups in total. The SMILES string of the molecule is CC(C)[C@](N)(Cc1cnc[nH]1)C(=O)O.Cl. The van der Waals surface area contributed by atoms with Gasteiger partial charge in [-0.2, -0.15) is 0 Å². The Morgan fingerprint density at radius 2 is 2.33 bits per heavy atom. The third-order valence-corrected chi connectivity index (χ3v) is 2.47. The summed E-state index contributed by atoms with van der Waals surface area (Å²) in [6, 6.07) is 0. The number of nitrogens with one attached hydrogen (secondary N) is 1. The van der Waals surface area contributed by atoms with Crippen molar-refractivity contribution < 1.29 is 9.90 Å². The van der Waals surface area contributed by atoms with Crippen LogP contribution < -0.4 is 5.73 Å². The molecular formula is C9H16ClN3O2. The van der Waals surface area contributed by atoms with Crippen molar-refractivity contribution in [2.75, 3.05) is 0 Å². The summed E-state index contributed by atoms with van der Waals surface area (Å²) in [4.78, 5) is 17.7. The second-order valence-electron chi connectivity index (χ2n) is 3.75. The summed E-state index contributed by atoms with van der Waals surface area (Å²) in [6.07, 6.45) is 3.37. The van der Waals surface area contributed by atoms with Gasteiger partial charge in [-0.25, -0.2) is 4.98 Å². The molecule has 0 aromatic carbocycles. The summed E-state index contributed by atoms with van der Waals surface area (Å²) in [5.41, 5.74) is 5.34. The fraction of sp³-hybridized carbons (Fsp3) is 0.556. The van der Waals surface area contributed by atoms with Crippen molar-refractivity contribution in [1.29, 1.82) is 0 Å². The van der Waals surface area contributed by atoms with Crippen LogP contribution in [0, 0.1) is 5.92 Å². The molecule has 1 aromatic heterocycles. The van der Waals surface area contributed by atoms with Crippen molar-refractivity contribution in [2.24, 2.45) is 11.7 Å². The average molecular weight is 234 g/mol. The fourth-order valence-electron chi connectivity index (χ4n) is 1.22. The van der Waals surface area contributed by atoms with Crippen molar-refractivity contribution in [3.05, 3.63) is 18.2 Å². The molecule has 86 valence electrons. The van der Waals surface area contributed by atoms with Gasteiger partial charge in [0.15, 0.2) is 0 Å². The van der Waals surface area contributed by atoms with Gasteiger partial charge in [-0.05, 0) is 5.92 Å². The van der Waals surface area contributed by atoms with E-state index in [0.29, 0.717) is 0 Å². The number of imidazole rings is 1. The molecular weight excluding hydrogens is 218 g/mol. The van der Waals surface area contributed by atoms with Crippen molar-refractivity contribution in [3.8, 4) is 0 Å². The van der Waals surface area contributed by atoms with Gasteiger partial charge in [0.25, 0.3) is 0 Å². The van der Waals surface area contributed by atoms with E-state index in [1.807, 2.05) is 0 Å². The largest absolute Gasteiger partial charge is 0.480 e. The number of nitrogens with zero attached hydrogens (tertiary/aromatic N) is 1. The van der Waals surface area contributed by atoms with E-state index in [-0.39, 0.29) is 24.7 Å². The van der Waals surface area contributed by atoms with E-state index < -0.39 is 11.5 Å². The molecule has 0 aliphatic rings. The molecule has 1 aromatic rings. The minimum Gasteiger partial charge on any atom is -0.480 e. The highest BCUT2D eigenvalue weighted by Crippen LogP contribution is 2.18. The average Bonchev–Trinajstić information content (AvgIpc) is 2.55. The van der Waals surface area contributed by atoms with Crippen LogP contribution in [-0.2, 0) is 11.2 Å². The first kappa shape index (κ1) is 13.9. The van der Waals surface area contributed by atoms with Gasteiger partial charge in [-0.1, -0.05) is 13.8 Å². The topological polar surface area (TPSA) is 92.0 Å². The van der Waals surface area contributed by atoms with E-state index in [1.165, 1.54) is 6.33 Å². The maximum Gasteiger partial charge on any atom is 0.324 e. The number of aromatic amines is 1. The number of carboxylic acids is 1. The minimum atomic E-state index is -1.23. The Morgan fingerprint density at radius 1 is 1.73 bits per heavy atom. The molecule has 0 saturated heterocycles. The van der Waals surface area contributed by atoms with Crippen LogP contribution in [0.15, 0.2) is 12.5 Å². The highest BCUT2D eigenvalue weighted by Gasteiger charge is 2.37. The molecule has 1 rings (SSSR count). The Morgan fingerprint density at radius 3 is 2.67 bits per heavy atom. The molecule has 0 bridgehead atoms. The van der Waals surface area contributed by atoms with Gasteiger partial charge in [0.05, 0.1) is 6.33 Å². The predicted molar refractivity (Wildman–Crippen MR) is 58.9 cm³/mol. The highest BCUT2D eigenvalue weighted by molar-refractivity contribution is 5.85. The normalized spacial score (nSPS) is 14.4. The zero-order chi connectivity index (χ0) is 10.8. The zero-order valence-electron chi connectivity index (χ0n) is 8.73. The number of carbonyl (C=O) groups is 1. The number of hydrogen-bond donors (Lipinski definition) is 3. The summed E-state index contributed by atoms with van der Waals surface area (Å²) >= 11 is 0. The number of hydrogen-bond acceptors (Lipinski definition) is 3. The van der Waals surface area contributed by atoms with Gasteiger partial charge in [-0.3, -0.25) is 4.79 Å². The summed E-state index contributed by atoms with van der Waals surface area (Å²) < 4.78 is 0. The lowest BCUT2D eigenvalue weighted by Gasteiger charge is -2.28. The zero-order valence-corrected chi connectivity index (χ0v) is 9.54. The van der Waals surface area contributed by atoms with Gasteiger partial charge in [0.2, 0.25) is 0 Å². The molecule has 0 saturated carbocycles. The van der Waals surface area contributed by atoms with Gasteiger partial charge in [-0.15, -0.1) is 12.4 Å². The number of nitrogens with two attached hydrogens (primary N) is 1. The van der Waals surface area contributed by atoms with Crippen LogP contribution in [0.4, 0.5) is 0 Å². The lowest BCUT2D eigenvalue weighted by atomic mass is 9.83. The smallest absolute Gasteiger partial charge is 0.324 e. The van der Waals surface area contributed by atoms with Crippen LogP contribution in [-0.4, -0.2) is 26.6 Å². The maximum absolute atomic E-state index is 11.0. The van der Waals surface area contributed by atoms with Crippen molar-refractivity contribution in [2.45, 2.75) is 25.8 Å². The number of halogens is 1. The third-order valence-electron chi connectivity index (χ3n) is 2.47. The molecule has 1 heterocycles. The second-order valence-corrected chi connectivity index (χ2v) is 3.75.